The van der Waals surface area contributed by atoms with Crippen LogP contribution >= 0.6 is 0 Å². The van der Waals surface area contributed by atoms with Crippen molar-refractivity contribution in [2.45, 2.75) is 6.42 Å². The topological polar surface area (TPSA) is 83.4 Å². The van der Waals surface area contributed by atoms with E-state index in [9.17, 15) is 14.4 Å². The Morgan fingerprint density at radius 3 is 2.47 bits per heavy atom. The molecule has 2 aromatic carbocycles. The van der Waals surface area contributed by atoms with Crippen LogP contribution in [0.2, 0.25) is 0 Å². The Morgan fingerprint density at radius 1 is 1.00 bits per heavy atom. The van der Waals surface area contributed by atoms with Gasteiger partial charge in [0.1, 0.15) is 5.69 Å². The molecule has 30 heavy (non-hydrogen) atoms. The summed E-state index contributed by atoms with van der Waals surface area (Å²) in [7, 11) is 1.86. The Morgan fingerprint density at radius 2 is 1.70 bits per heavy atom. The predicted octanol–water partition coefficient (Wildman–Crippen LogP) is 2.08. The van der Waals surface area contributed by atoms with Gasteiger partial charge in [-0.25, -0.2) is 0 Å². The number of aryl methyl sites for hydroxylation is 1. The number of fused-ring (bicyclic) bond motifs is 1. The molecular formula is C23H24N4O3. The van der Waals surface area contributed by atoms with E-state index in [0.29, 0.717) is 25.3 Å². The van der Waals surface area contributed by atoms with Crippen LogP contribution in [0, 0.1) is 5.92 Å². The monoisotopic (exact) mass is 404 g/mol. The van der Waals surface area contributed by atoms with Crippen molar-refractivity contribution < 1.29 is 14.4 Å². The van der Waals surface area contributed by atoms with E-state index < -0.39 is 0 Å². The highest BCUT2D eigenvalue weighted by atomic mass is 16.2. The third-order valence-corrected chi connectivity index (χ3v) is 5.46. The summed E-state index contributed by atoms with van der Waals surface area (Å²) in [4.78, 5) is 38.8. The zero-order valence-electron chi connectivity index (χ0n) is 16.8. The molecule has 1 aliphatic heterocycles. The molecule has 1 aromatic heterocycles. The average Bonchev–Trinajstić information content (AvgIpc) is 3.32. The van der Waals surface area contributed by atoms with Crippen LogP contribution in [-0.4, -0.2) is 41.9 Å². The Balaban J connectivity index is 1.26. The van der Waals surface area contributed by atoms with E-state index in [-0.39, 0.29) is 30.1 Å². The van der Waals surface area contributed by atoms with Gasteiger partial charge >= 0.3 is 0 Å². The number of benzene rings is 2. The quantitative estimate of drug-likeness (QED) is 0.617. The molecule has 4 rings (SSSR count). The summed E-state index contributed by atoms with van der Waals surface area (Å²) in [6.07, 6.45) is 0.197. The van der Waals surface area contributed by atoms with Crippen molar-refractivity contribution >= 4 is 34.3 Å². The van der Waals surface area contributed by atoms with Gasteiger partial charge in [0, 0.05) is 49.7 Å². The van der Waals surface area contributed by atoms with Crippen molar-refractivity contribution in [1.29, 1.82) is 0 Å². The Kier molecular flexibility index (Phi) is 5.52. The molecule has 3 aromatic rings. The second-order valence-corrected chi connectivity index (χ2v) is 7.44. The van der Waals surface area contributed by atoms with Crippen LogP contribution < -0.4 is 15.5 Å². The van der Waals surface area contributed by atoms with E-state index >= 15 is 0 Å². The third-order valence-electron chi connectivity index (χ3n) is 5.46. The summed E-state index contributed by atoms with van der Waals surface area (Å²) in [5.74, 6) is -0.785. The number of hydrogen-bond acceptors (Lipinski definition) is 3. The highest BCUT2D eigenvalue weighted by molar-refractivity contribution is 6.00. The fourth-order valence-electron chi connectivity index (χ4n) is 3.84. The molecule has 0 radical (unpaired) electrons. The van der Waals surface area contributed by atoms with E-state index in [1.54, 1.807) is 4.90 Å². The number of para-hydroxylation sites is 2. The van der Waals surface area contributed by atoms with Gasteiger partial charge in [-0.05, 0) is 24.3 Å². The van der Waals surface area contributed by atoms with Gasteiger partial charge in [-0.15, -0.1) is 0 Å². The zero-order chi connectivity index (χ0) is 21.1. The summed E-state index contributed by atoms with van der Waals surface area (Å²) >= 11 is 0. The summed E-state index contributed by atoms with van der Waals surface area (Å²) in [6, 6.07) is 19.0. The molecule has 0 aliphatic carbocycles. The molecule has 7 nitrogen and oxygen atoms in total. The van der Waals surface area contributed by atoms with Crippen LogP contribution in [0.4, 0.5) is 5.69 Å². The van der Waals surface area contributed by atoms with Gasteiger partial charge < -0.3 is 20.1 Å². The summed E-state index contributed by atoms with van der Waals surface area (Å²) < 4.78 is 1.85. The maximum atomic E-state index is 12.5. The number of anilines is 1. The molecule has 0 unspecified atom stereocenters. The maximum absolute atomic E-state index is 12.5. The number of rotatable bonds is 6. The number of carbonyl (C=O) groups is 3. The number of aromatic nitrogens is 1. The van der Waals surface area contributed by atoms with E-state index in [2.05, 4.69) is 10.6 Å². The second kappa shape index (κ2) is 8.41. The van der Waals surface area contributed by atoms with Gasteiger partial charge in [0.2, 0.25) is 11.8 Å². The van der Waals surface area contributed by atoms with Crippen LogP contribution in [0.5, 0.6) is 0 Å². The number of amides is 3. The first kappa shape index (κ1) is 19.7. The van der Waals surface area contributed by atoms with Crippen molar-refractivity contribution in [3.63, 3.8) is 0 Å². The largest absolute Gasteiger partial charge is 0.354 e. The minimum absolute atomic E-state index is 0.0505. The van der Waals surface area contributed by atoms with Gasteiger partial charge in [0.05, 0.1) is 5.92 Å². The van der Waals surface area contributed by atoms with Gasteiger partial charge in [-0.2, -0.15) is 0 Å². The van der Waals surface area contributed by atoms with Crippen molar-refractivity contribution in [1.82, 2.24) is 15.2 Å². The lowest BCUT2D eigenvalue weighted by Gasteiger charge is -2.16. The highest BCUT2D eigenvalue weighted by Gasteiger charge is 2.34. The molecule has 1 saturated heterocycles. The first-order chi connectivity index (χ1) is 14.5. The number of carbonyl (C=O) groups excluding carboxylic acids is 3. The molecule has 154 valence electrons. The smallest absolute Gasteiger partial charge is 0.267 e. The fourth-order valence-corrected chi connectivity index (χ4v) is 3.84. The normalized spacial score (nSPS) is 16.1. The second-order valence-electron chi connectivity index (χ2n) is 7.44. The van der Waals surface area contributed by atoms with Crippen LogP contribution in [0.1, 0.15) is 16.9 Å². The highest BCUT2D eigenvalue weighted by Crippen LogP contribution is 2.24. The summed E-state index contributed by atoms with van der Waals surface area (Å²) in [6.45, 7) is 0.997. The van der Waals surface area contributed by atoms with Crippen molar-refractivity contribution in [3.8, 4) is 0 Å². The predicted molar refractivity (Wildman–Crippen MR) is 115 cm³/mol. The number of nitrogens with zero attached hydrogens (tertiary/aromatic N) is 2. The number of hydrogen-bond donors (Lipinski definition) is 2. The van der Waals surface area contributed by atoms with Crippen LogP contribution in [0.3, 0.4) is 0 Å². The molecule has 1 fully saturated rings. The standard InChI is InChI=1S/C23H24N4O3/c1-26-19-10-6-5-7-16(19)13-20(26)23(30)25-12-11-24-22(29)17-14-21(28)27(15-17)18-8-3-2-4-9-18/h2-10,13,17H,11-12,14-15H2,1H3,(H,24,29)(H,25,30)/t17-/m1/s1. The van der Waals surface area contributed by atoms with E-state index in [1.165, 1.54) is 0 Å². The summed E-state index contributed by atoms with van der Waals surface area (Å²) in [5, 5.41) is 6.67. The number of nitrogens with one attached hydrogen (secondary N) is 2. The molecular weight excluding hydrogens is 380 g/mol. The van der Waals surface area contributed by atoms with Crippen molar-refractivity contribution in [2.75, 3.05) is 24.5 Å². The molecule has 0 spiro atoms. The first-order valence-corrected chi connectivity index (χ1v) is 10.0. The SMILES string of the molecule is Cn1c(C(=O)NCCNC(=O)[C@@H]2CC(=O)N(c3ccccc3)C2)cc2ccccc21. The zero-order valence-corrected chi connectivity index (χ0v) is 16.8. The van der Waals surface area contributed by atoms with Crippen LogP contribution in [0.25, 0.3) is 10.9 Å². The Labute approximate surface area is 174 Å². The minimum Gasteiger partial charge on any atom is -0.354 e. The van der Waals surface area contributed by atoms with Crippen molar-refractivity contribution in [2.24, 2.45) is 13.0 Å². The molecule has 1 aliphatic rings. The Bertz CT molecular complexity index is 1090. The summed E-state index contributed by atoms with van der Waals surface area (Å²) in [5.41, 5.74) is 2.37. The maximum Gasteiger partial charge on any atom is 0.267 e. The minimum atomic E-state index is -0.383. The molecule has 2 heterocycles. The molecule has 2 N–H and O–H groups in total. The third kappa shape index (κ3) is 3.91. The molecule has 3 amide bonds. The molecule has 7 heteroatoms. The van der Waals surface area contributed by atoms with E-state index in [1.807, 2.05) is 72.3 Å². The molecule has 0 bridgehead atoms. The molecule has 1 atom stereocenters. The van der Waals surface area contributed by atoms with Gasteiger partial charge in [-0.1, -0.05) is 36.4 Å². The van der Waals surface area contributed by atoms with Gasteiger partial charge in [0.15, 0.2) is 0 Å². The van der Waals surface area contributed by atoms with Crippen LogP contribution in [0.15, 0.2) is 60.7 Å². The lowest BCUT2D eigenvalue weighted by atomic mass is 10.1. The molecule has 0 saturated carbocycles. The average molecular weight is 404 g/mol. The fraction of sp³-hybridized carbons (Fsp3) is 0.261. The lowest BCUT2D eigenvalue weighted by molar-refractivity contribution is -0.126. The van der Waals surface area contributed by atoms with Gasteiger partial charge in [-0.3, -0.25) is 14.4 Å². The van der Waals surface area contributed by atoms with Crippen LogP contribution in [-0.2, 0) is 16.6 Å². The Hall–Kier alpha value is -3.61. The first-order valence-electron chi connectivity index (χ1n) is 10.0. The van der Waals surface area contributed by atoms with E-state index in [4.69, 9.17) is 0 Å². The van der Waals surface area contributed by atoms with Gasteiger partial charge in [0.25, 0.3) is 5.91 Å². The lowest BCUT2D eigenvalue weighted by Crippen LogP contribution is -2.38. The van der Waals surface area contributed by atoms with E-state index in [0.717, 1.165) is 16.6 Å². The van der Waals surface area contributed by atoms with Crippen molar-refractivity contribution in [3.05, 3.63) is 66.4 Å².